The molecule has 0 amide bonds. The van der Waals surface area contributed by atoms with Gasteiger partial charge in [-0.15, -0.1) is 11.3 Å². The van der Waals surface area contributed by atoms with E-state index in [-0.39, 0.29) is 31.2 Å². The number of hydrogen-bond acceptors (Lipinski definition) is 8. The molecule has 0 aliphatic rings. The fraction of sp³-hybridized carbons (Fsp3) is 0.333. The Bertz CT molecular complexity index is 636. The molecule has 0 fully saturated rings. The molecule has 0 bridgehead atoms. The predicted molar refractivity (Wildman–Crippen MR) is 82.6 cm³/mol. The third-order valence-corrected chi connectivity index (χ3v) is 3.39. The first-order valence-corrected chi connectivity index (χ1v) is 7.88. The Morgan fingerprint density at radius 1 is 1.09 bits per heavy atom. The number of carbonyl (C=O) groups is 2. The van der Waals surface area contributed by atoms with Crippen molar-refractivity contribution in [1.82, 2.24) is 9.97 Å². The maximum atomic E-state index is 11.9. The Morgan fingerprint density at radius 3 is 2.17 bits per heavy atom. The lowest BCUT2D eigenvalue weighted by Crippen LogP contribution is -2.13. The average Bonchev–Trinajstić information content (AvgIpc) is 3.06. The summed E-state index contributed by atoms with van der Waals surface area (Å²) in [4.78, 5) is 32.6. The number of esters is 2. The van der Waals surface area contributed by atoms with Crippen LogP contribution in [0, 0.1) is 0 Å². The molecule has 0 aliphatic heterocycles. The molecule has 0 saturated carbocycles. The Hall–Kier alpha value is -2.48. The Labute approximate surface area is 137 Å². The topological polar surface area (TPSA) is 87.6 Å². The van der Waals surface area contributed by atoms with Crippen LogP contribution >= 0.6 is 11.3 Å². The molecule has 0 unspecified atom stereocenters. The number of carbonyl (C=O) groups excluding carboxylic acids is 2. The van der Waals surface area contributed by atoms with Crippen molar-refractivity contribution in [2.45, 2.75) is 20.5 Å². The fourth-order valence-corrected chi connectivity index (χ4v) is 2.18. The largest absolute Gasteiger partial charge is 0.488 e. The van der Waals surface area contributed by atoms with Gasteiger partial charge in [-0.3, -0.25) is 4.98 Å². The number of thiazole rings is 1. The molecule has 2 rings (SSSR count). The summed E-state index contributed by atoms with van der Waals surface area (Å²) in [5.41, 5.74) is 1.69. The van der Waals surface area contributed by atoms with Crippen molar-refractivity contribution in [3.63, 3.8) is 0 Å². The van der Waals surface area contributed by atoms with E-state index in [2.05, 4.69) is 9.97 Å². The van der Waals surface area contributed by atoms with Gasteiger partial charge in [-0.2, -0.15) is 0 Å². The predicted octanol–water partition coefficient (Wildman–Crippen LogP) is 2.47. The molecule has 2 aromatic heterocycles. The van der Waals surface area contributed by atoms with E-state index >= 15 is 0 Å². The van der Waals surface area contributed by atoms with E-state index < -0.39 is 11.9 Å². The van der Waals surface area contributed by atoms with Crippen LogP contribution in [0.2, 0.25) is 0 Å². The van der Waals surface area contributed by atoms with Gasteiger partial charge in [0.2, 0.25) is 0 Å². The normalized spacial score (nSPS) is 10.2. The van der Waals surface area contributed by atoms with Gasteiger partial charge in [-0.1, -0.05) is 0 Å². The molecule has 2 heterocycles. The molecule has 8 heteroatoms. The molecular weight excluding hydrogens is 320 g/mol. The monoisotopic (exact) mass is 336 g/mol. The van der Waals surface area contributed by atoms with Crippen LogP contribution in [0.25, 0.3) is 0 Å². The van der Waals surface area contributed by atoms with Gasteiger partial charge in [0.1, 0.15) is 12.4 Å². The Morgan fingerprint density at radius 2 is 1.70 bits per heavy atom. The van der Waals surface area contributed by atoms with Crippen LogP contribution in [0.5, 0.6) is 5.75 Å². The standard InChI is InChI=1S/C15H16N2O5S/c1-3-20-14(18)12-5-10(22-8-11-7-16-9-23-11)6-13(17-12)15(19)21-4-2/h5-7,9H,3-4,8H2,1-2H3. The summed E-state index contributed by atoms with van der Waals surface area (Å²) in [6.45, 7) is 4.07. The first kappa shape index (κ1) is 16.9. The molecule has 0 aliphatic carbocycles. The molecule has 7 nitrogen and oxygen atoms in total. The van der Waals surface area contributed by atoms with Crippen molar-refractivity contribution in [1.29, 1.82) is 0 Å². The first-order chi connectivity index (χ1) is 11.1. The molecule has 0 saturated heterocycles. The maximum Gasteiger partial charge on any atom is 0.357 e. The molecular formula is C15H16N2O5S. The minimum atomic E-state index is -0.624. The smallest absolute Gasteiger partial charge is 0.357 e. The summed E-state index contributed by atoms with van der Waals surface area (Å²) in [5, 5.41) is 0. The molecule has 23 heavy (non-hydrogen) atoms. The van der Waals surface area contributed by atoms with Crippen LogP contribution in [0.15, 0.2) is 23.8 Å². The fourth-order valence-electron chi connectivity index (χ4n) is 1.68. The van der Waals surface area contributed by atoms with Crippen LogP contribution in [0.4, 0.5) is 0 Å². The van der Waals surface area contributed by atoms with Crippen molar-refractivity contribution in [2.75, 3.05) is 13.2 Å². The second-order valence-electron chi connectivity index (χ2n) is 4.27. The van der Waals surface area contributed by atoms with Gasteiger partial charge < -0.3 is 14.2 Å². The molecule has 122 valence electrons. The van der Waals surface area contributed by atoms with Crippen LogP contribution in [0.3, 0.4) is 0 Å². The van der Waals surface area contributed by atoms with Crippen molar-refractivity contribution in [2.24, 2.45) is 0 Å². The summed E-state index contributed by atoms with van der Waals surface area (Å²) in [5.74, 6) is -0.915. The van der Waals surface area contributed by atoms with Gasteiger partial charge in [-0.05, 0) is 13.8 Å². The van der Waals surface area contributed by atoms with Crippen LogP contribution in [-0.4, -0.2) is 35.1 Å². The van der Waals surface area contributed by atoms with E-state index in [1.807, 2.05) is 0 Å². The summed E-state index contributed by atoms with van der Waals surface area (Å²) < 4.78 is 15.4. The number of hydrogen-bond donors (Lipinski definition) is 0. The molecule has 0 N–H and O–H groups in total. The zero-order chi connectivity index (χ0) is 16.7. The third kappa shape index (κ3) is 4.75. The summed E-state index contributed by atoms with van der Waals surface area (Å²) >= 11 is 1.44. The highest BCUT2D eigenvalue weighted by Gasteiger charge is 2.17. The van der Waals surface area contributed by atoms with Crippen LogP contribution in [-0.2, 0) is 16.1 Å². The van der Waals surface area contributed by atoms with E-state index in [0.717, 1.165) is 4.88 Å². The Balaban J connectivity index is 2.24. The van der Waals surface area contributed by atoms with Gasteiger partial charge in [-0.25, -0.2) is 14.6 Å². The van der Waals surface area contributed by atoms with E-state index in [4.69, 9.17) is 14.2 Å². The lowest BCUT2D eigenvalue weighted by Gasteiger charge is -2.09. The quantitative estimate of drug-likeness (QED) is 0.718. The highest BCUT2D eigenvalue weighted by molar-refractivity contribution is 7.09. The van der Waals surface area contributed by atoms with Gasteiger partial charge in [0.05, 0.1) is 23.6 Å². The maximum absolute atomic E-state index is 11.9. The van der Waals surface area contributed by atoms with Gasteiger partial charge >= 0.3 is 11.9 Å². The lowest BCUT2D eigenvalue weighted by molar-refractivity contribution is 0.0510. The molecule has 0 radical (unpaired) electrons. The number of nitrogens with zero attached hydrogens (tertiary/aromatic N) is 2. The minimum absolute atomic E-state index is 0.00305. The summed E-state index contributed by atoms with van der Waals surface area (Å²) in [6.07, 6.45) is 1.68. The number of ether oxygens (including phenoxy) is 3. The molecule has 0 atom stereocenters. The second-order valence-corrected chi connectivity index (χ2v) is 5.24. The zero-order valence-corrected chi connectivity index (χ0v) is 13.6. The summed E-state index contributed by atoms with van der Waals surface area (Å²) in [6, 6.07) is 2.86. The first-order valence-electron chi connectivity index (χ1n) is 7.00. The minimum Gasteiger partial charge on any atom is -0.488 e. The van der Waals surface area contributed by atoms with Gasteiger partial charge in [0.15, 0.2) is 11.4 Å². The van der Waals surface area contributed by atoms with E-state index in [1.165, 1.54) is 23.5 Å². The second kappa shape index (κ2) is 8.23. The van der Waals surface area contributed by atoms with Crippen molar-refractivity contribution >= 4 is 23.3 Å². The molecule has 0 spiro atoms. The van der Waals surface area contributed by atoms with Crippen molar-refractivity contribution in [3.8, 4) is 5.75 Å². The van der Waals surface area contributed by atoms with E-state index in [0.29, 0.717) is 5.75 Å². The van der Waals surface area contributed by atoms with Crippen molar-refractivity contribution in [3.05, 3.63) is 40.1 Å². The SMILES string of the molecule is CCOC(=O)c1cc(OCc2cncs2)cc(C(=O)OCC)n1. The van der Waals surface area contributed by atoms with E-state index in [9.17, 15) is 9.59 Å². The average molecular weight is 336 g/mol. The van der Waals surface area contributed by atoms with E-state index in [1.54, 1.807) is 25.6 Å². The van der Waals surface area contributed by atoms with Crippen molar-refractivity contribution < 1.29 is 23.8 Å². The lowest BCUT2D eigenvalue weighted by atomic mass is 10.2. The van der Waals surface area contributed by atoms with Crippen LogP contribution < -0.4 is 4.74 Å². The highest BCUT2D eigenvalue weighted by Crippen LogP contribution is 2.18. The molecule has 0 aromatic carbocycles. The summed E-state index contributed by atoms with van der Waals surface area (Å²) in [7, 11) is 0. The third-order valence-electron chi connectivity index (χ3n) is 2.63. The molecule has 2 aromatic rings. The number of pyridine rings is 1. The Kier molecular flexibility index (Phi) is 6.04. The highest BCUT2D eigenvalue weighted by atomic mass is 32.1. The zero-order valence-electron chi connectivity index (χ0n) is 12.8. The van der Waals surface area contributed by atoms with Gasteiger partial charge in [0, 0.05) is 18.3 Å². The van der Waals surface area contributed by atoms with Gasteiger partial charge in [0.25, 0.3) is 0 Å². The number of rotatable bonds is 7. The number of aromatic nitrogens is 2. The van der Waals surface area contributed by atoms with Crippen LogP contribution in [0.1, 0.15) is 39.7 Å².